The van der Waals surface area contributed by atoms with E-state index in [2.05, 4.69) is 38.0 Å². The van der Waals surface area contributed by atoms with E-state index in [1.54, 1.807) is 0 Å². The molecule has 5 heterocycles. The molecule has 0 spiro atoms. The average molecular weight is 692 g/mol. The number of amides is 1. The van der Waals surface area contributed by atoms with Crippen LogP contribution in [0.15, 0.2) is 119 Å². The number of aliphatic hydroxyl groups excluding tert-OH is 2. The molecule has 4 N–H and O–H groups in total. The van der Waals surface area contributed by atoms with E-state index >= 15 is 0 Å². The number of hydrogen-bond acceptors (Lipinski definition) is 9. The average Bonchev–Trinajstić information content (AvgIpc) is 3.85. The summed E-state index contributed by atoms with van der Waals surface area (Å²) in [6, 6.07) is 0. The molecule has 6 aliphatic rings. The number of rotatable bonds is 12. The zero-order valence-electron chi connectivity index (χ0n) is 30.6. The summed E-state index contributed by atoms with van der Waals surface area (Å²) in [6.45, 7) is 15.1. The summed E-state index contributed by atoms with van der Waals surface area (Å²) in [5.41, 5.74) is 12.1. The van der Waals surface area contributed by atoms with E-state index in [4.69, 9.17) is 24.8 Å². The van der Waals surface area contributed by atoms with Crippen molar-refractivity contribution in [3.8, 4) is 0 Å². The van der Waals surface area contributed by atoms with Crippen molar-refractivity contribution in [1.29, 1.82) is 0 Å². The standard InChI is InChI=1S/C41H49N5O5/c1-8-25-21(3)28-18-30-23(5)27(14-15-34(48)42-16-12-10-11-13-17-47)38(45-30)36-37(41(50)51-7)40(49)35-24(6)31(46-39(35)36)20-33-26(9-2)22(4)29(44-33)19-32(25)43-28/h8,18-20,23,27,37,45,47,49H,1,9-17H2,2-7H3,(H,42,48)/t23-,27-,37+/m0/s1. The van der Waals surface area contributed by atoms with Crippen LogP contribution in [-0.4, -0.2) is 59.5 Å². The first kappa shape index (κ1) is 36.0. The fraction of sp³-hybridized carbons (Fsp3) is 0.439. The number of esters is 1. The van der Waals surface area contributed by atoms with Crippen molar-refractivity contribution in [2.45, 2.75) is 79.6 Å². The number of methoxy groups -OCH3 is 1. The van der Waals surface area contributed by atoms with Crippen molar-refractivity contribution >= 4 is 29.0 Å². The molecule has 268 valence electrons. The second kappa shape index (κ2) is 14.8. The number of hydrogen-bond donors (Lipinski definition) is 4. The van der Waals surface area contributed by atoms with Crippen molar-refractivity contribution in [2.75, 3.05) is 20.3 Å². The second-order valence-corrected chi connectivity index (χ2v) is 13.9. The normalized spacial score (nSPS) is 23.7. The number of allylic oxidation sites excluding steroid dienone is 11. The summed E-state index contributed by atoms with van der Waals surface area (Å²) >= 11 is 0. The Morgan fingerprint density at radius 2 is 1.73 bits per heavy atom. The van der Waals surface area contributed by atoms with E-state index in [1.165, 1.54) is 7.11 Å². The highest BCUT2D eigenvalue weighted by Crippen LogP contribution is 2.49. The summed E-state index contributed by atoms with van der Waals surface area (Å²) in [5.74, 6) is -2.03. The van der Waals surface area contributed by atoms with E-state index in [9.17, 15) is 14.7 Å². The van der Waals surface area contributed by atoms with Crippen LogP contribution in [0.25, 0.3) is 0 Å². The highest BCUT2D eigenvalue weighted by molar-refractivity contribution is 6.24. The van der Waals surface area contributed by atoms with Gasteiger partial charge in [-0.3, -0.25) is 9.59 Å². The van der Waals surface area contributed by atoms with Gasteiger partial charge in [0.15, 0.2) is 0 Å². The number of ether oxygens (including phenoxy) is 1. The van der Waals surface area contributed by atoms with Crippen LogP contribution >= 0.6 is 0 Å². The molecule has 10 nitrogen and oxygen atoms in total. The Labute approximate surface area is 300 Å². The molecule has 10 heteroatoms. The minimum Gasteiger partial charge on any atom is -0.510 e. The van der Waals surface area contributed by atoms with Gasteiger partial charge in [-0.05, 0) is 87.0 Å². The molecule has 0 saturated carbocycles. The Morgan fingerprint density at radius 1 is 1.00 bits per heavy atom. The van der Waals surface area contributed by atoms with Crippen LogP contribution in [0.4, 0.5) is 0 Å². The van der Waals surface area contributed by atoms with Crippen molar-refractivity contribution in [3.05, 3.63) is 104 Å². The Bertz CT molecular complexity index is 1940. The quantitative estimate of drug-likeness (QED) is 0.133. The molecular weight excluding hydrogens is 642 g/mol. The van der Waals surface area contributed by atoms with Crippen LogP contribution in [0, 0.1) is 17.8 Å². The van der Waals surface area contributed by atoms with Crippen molar-refractivity contribution in [1.82, 2.24) is 10.6 Å². The first-order valence-electron chi connectivity index (χ1n) is 18.1. The molecule has 1 saturated heterocycles. The van der Waals surface area contributed by atoms with Crippen LogP contribution in [0.2, 0.25) is 0 Å². The fourth-order valence-corrected chi connectivity index (χ4v) is 7.97. The molecule has 0 unspecified atom stereocenters. The molecule has 0 aromatic rings. The zero-order chi connectivity index (χ0) is 36.6. The third-order valence-electron chi connectivity index (χ3n) is 11.0. The third-order valence-corrected chi connectivity index (χ3v) is 11.0. The zero-order valence-corrected chi connectivity index (χ0v) is 30.6. The number of fused-ring (bicyclic) bond motifs is 5. The predicted molar refractivity (Wildman–Crippen MR) is 201 cm³/mol. The highest BCUT2D eigenvalue weighted by atomic mass is 16.5. The number of nitrogens with zero attached hydrogens (tertiary/aromatic N) is 3. The van der Waals surface area contributed by atoms with Gasteiger partial charge in [0.05, 0.1) is 41.3 Å². The van der Waals surface area contributed by atoms with E-state index in [0.29, 0.717) is 35.5 Å². The van der Waals surface area contributed by atoms with E-state index in [0.717, 1.165) is 94.2 Å². The lowest BCUT2D eigenvalue weighted by Crippen LogP contribution is -2.27. The summed E-state index contributed by atoms with van der Waals surface area (Å²) in [7, 11) is 1.32. The number of carbonyl (C=O) groups is 2. The topological polar surface area (TPSA) is 145 Å². The molecule has 0 aromatic heterocycles. The molecule has 6 rings (SSSR count). The fourth-order valence-electron chi connectivity index (χ4n) is 7.97. The van der Waals surface area contributed by atoms with Crippen molar-refractivity contribution < 1.29 is 24.5 Å². The molecule has 0 radical (unpaired) electrons. The Balaban J connectivity index is 1.49. The van der Waals surface area contributed by atoms with Crippen LogP contribution < -0.4 is 10.6 Å². The number of unbranched alkanes of at least 4 members (excludes halogenated alkanes) is 3. The second-order valence-electron chi connectivity index (χ2n) is 13.9. The lowest BCUT2D eigenvalue weighted by molar-refractivity contribution is -0.143. The lowest BCUT2D eigenvalue weighted by atomic mass is 9.84. The minimum absolute atomic E-state index is 0.0394. The van der Waals surface area contributed by atoms with Crippen LogP contribution in [0.3, 0.4) is 0 Å². The smallest absolute Gasteiger partial charge is 0.321 e. The predicted octanol–water partition coefficient (Wildman–Crippen LogP) is 6.69. The van der Waals surface area contributed by atoms with Gasteiger partial charge in [0.1, 0.15) is 11.7 Å². The molecule has 51 heavy (non-hydrogen) atoms. The number of aliphatic imine (C=N–C) groups is 3. The van der Waals surface area contributed by atoms with E-state index in [1.807, 2.05) is 38.2 Å². The summed E-state index contributed by atoms with van der Waals surface area (Å²) in [5, 5.41) is 27.5. The monoisotopic (exact) mass is 691 g/mol. The summed E-state index contributed by atoms with van der Waals surface area (Å²) < 4.78 is 5.26. The first-order chi connectivity index (χ1) is 24.5. The van der Waals surface area contributed by atoms with Crippen LogP contribution in [0.5, 0.6) is 0 Å². The number of aliphatic hydroxyl groups is 2. The third kappa shape index (κ3) is 6.46. The molecule has 8 bridgehead atoms. The number of nitrogens with one attached hydrogen (secondary N) is 2. The summed E-state index contributed by atoms with van der Waals surface area (Å²) in [6.07, 6.45) is 12.9. The molecule has 1 amide bonds. The van der Waals surface area contributed by atoms with Gasteiger partial charge in [-0.2, -0.15) is 0 Å². The van der Waals surface area contributed by atoms with Crippen LogP contribution in [-0.2, 0) is 14.3 Å². The van der Waals surface area contributed by atoms with Gasteiger partial charge in [0, 0.05) is 59.5 Å². The Kier molecular flexibility index (Phi) is 10.4. The molecular formula is C41H49N5O5. The molecule has 1 aliphatic carbocycles. The van der Waals surface area contributed by atoms with Gasteiger partial charge >= 0.3 is 5.97 Å². The molecule has 5 aliphatic heterocycles. The Morgan fingerprint density at radius 3 is 2.43 bits per heavy atom. The van der Waals surface area contributed by atoms with Crippen molar-refractivity contribution in [2.24, 2.45) is 32.7 Å². The number of carbonyl (C=O) groups excluding carboxylic acids is 2. The maximum atomic E-state index is 13.5. The maximum absolute atomic E-state index is 13.5. The highest BCUT2D eigenvalue weighted by Gasteiger charge is 2.49. The van der Waals surface area contributed by atoms with Gasteiger partial charge < -0.3 is 25.6 Å². The van der Waals surface area contributed by atoms with Gasteiger partial charge in [-0.25, -0.2) is 15.0 Å². The molecule has 0 aromatic carbocycles. The Hall–Kier alpha value is -4.83. The SMILES string of the molecule is C=CC1=C(C)C2=NC1=CC1=NC(=CC3=C(C)C4=C(O)[C@H](C(=O)OC)C(=C5NC(=C2)[C@@H](C)[C@@H]5CCC(=O)NCCCCCCO)C4=N3)C(CC)=C1C. The summed E-state index contributed by atoms with van der Waals surface area (Å²) in [4.78, 5) is 41.8. The largest absolute Gasteiger partial charge is 0.510 e. The van der Waals surface area contributed by atoms with Crippen LogP contribution in [0.1, 0.15) is 79.6 Å². The lowest BCUT2D eigenvalue weighted by Gasteiger charge is -2.20. The maximum Gasteiger partial charge on any atom is 0.321 e. The van der Waals surface area contributed by atoms with Gasteiger partial charge in [-0.1, -0.05) is 39.3 Å². The molecule has 1 fully saturated rings. The van der Waals surface area contributed by atoms with Crippen molar-refractivity contribution in [3.63, 3.8) is 0 Å². The molecule has 3 atom stereocenters. The van der Waals surface area contributed by atoms with Gasteiger partial charge in [0.2, 0.25) is 5.91 Å². The van der Waals surface area contributed by atoms with Gasteiger partial charge in [0.25, 0.3) is 0 Å². The van der Waals surface area contributed by atoms with Gasteiger partial charge in [-0.15, -0.1) is 0 Å². The van der Waals surface area contributed by atoms with E-state index < -0.39 is 11.9 Å². The first-order valence-corrected chi connectivity index (χ1v) is 18.1. The van der Waals surface area contributed by atoms with E-state index in [-0.39, 0.29) is 36.5 Å². The minimum atomic E-state index is -1.06.